The second kappa shape index (κ2) is 13.1. The Labute approximate surface area is 213 Å². The number of Topliss-reactive ketones (excluding diaryl/α,β-unsaturated/α-hetero) is 1. The number of nitrogens with zero attached hydrogens (tertiary/aromatic N) is 1. The van der Waals surface area contributed by atoms with Gasteiger partial charge in [0.15, 0.2) is 0 Å². The van der Waals surface area contributed by atoms with E-state index in [9.17, 15) is 24.0 Å². The van der Waals surface area contributed by atoms with Gasteiger partial charge in [-0.1, -0.05) is 26.8 Å². The molecule has 0 aromatic rings. The van der Waals surface area contributed by atoms with Crippen molar-refractivity contribution in [1.29, 1.82) is 0 Å². The number of amides is 4. The Balaban J connectivity index is 3.06. The molecule has 0 bridgehead atoms. The summed E-state index contributed by atoms with van der Waals surface area (Å²) in [7, 11) is 0. The molecule has 0 aromatic carbocycles. The lowest BCUT2D eigenvalue weighted by atomic mass is 9.85. The minimum absolute atomic E-state index is 0.0774. The predicted molar refractivity (Wildman–Crippen MR) is 136 cm³/mol. The van der Waals surface area contributed by atoms with Gasteiger partial charge in [0.1, 0.15) is 17.7 Å². The third-order valence-corrected chi connectivity index (χ3v) is 5.45. The fourth-order valence-corrected chi connectivity index (χ4v) is 3.72. The van der Waals surface area contributed by atoms with Gasteiger partial charge in [0, 0.05) is 19.5 Å². The van der Waals surface area contributed by atoms with Crippen LogP contribution in [0.25, 0.3) is 0 Å². The third kappa shape index (κ3) is 9.36. The maximum absolute atomic E-state index is 13.5. The Kier molecular flexibility index (Phi) is 11.2. The van der Waals surface area contributed by atoms with Crippen molar-refractivity contribution < 1.29 is 28.7 Å². The smallest absolute Gasteiger partial charge is 0.408 e. The number of terminal acetylenes is 1. The molecule has 0 saturated carbocycles. The topological polar surface area (TPSA) is 134 Å². The van der Waals surface area contributed by atoms with Crippen molar-refractivity contribution in [3.8, 4) is 12.3 Å². The minimum Gasteiger partial charge on any atom is -0.444 e. The fourth-order valence-electron chi connectivity index (χ4n) is 3.72. The summed E-state index contributed by atoms with van der Waals surface area (Å²) in [5, 5.41) is 7.66. The maximum atomic E-state index is 13.5. The number of ether oxygens (including phenoxy) is 1. The molecule has 3 atom stereocenters. The van der Waals surface area contributed by atoms with Crippen molar-refractivity contribution in [1.82, 2.24) is 20.9 Å². The molecular weight excluding hydrogens is 464 g/mol. The first-order valence-electron chi connectivity index (χ1n) is 12.1. The molecule has 1 saturated heterocycles. The molecule has 4 amide bonds. The number of carbonyl (C=O) groups excluding carboxylic acids is 5. The first kappa shape index (κ1) is 30.7. The summed E-state index contributed by atoms with van der Waals surface area (Å²) in [6, 6.07) is -2.95. The number of ketones is 1. The molecule has 0 spiro atoms. The van der Waals surface area contributed by atoms with Gasteiger partial charge in [-0.2, -0.15) is 0 Å². The predicted octanol–water partition coefficient (Wildman–Crippen LogP) is 1.69. The van der Waals surface area contributed by atoms with Crippen LogP contribution < -0.4 is 16.0 Å². The van der Waals surface area contributed by atoms with Gasteiger partial charge in [0.2, 0.25) is 17.6 Å². The average molecular weight is 505 g/mol. The first-order chi connectivity index (χ1) is 16.6. The molecule has 1 aliphatic heterocycles. The molecule has 10 nitrogen and oxygen atoms in total. The average Bonchev–Trinajstić information content (AvgIpc) is 3.25. The van der Waals surface area contributed by atoms with E-state index in [1.165, 1.54) is 11.0 Å². The zero-order chi connectivity index (χ0) is 27.7. The van der Waals surface area contributed by atoms with Crippen molar-refractivity contribution in [2.45, 2.75) is 91.0 Å². The lowest BCUT2D eigenvalue weighted by Crippen LogP contribution is -2.59. The van der Waals surface area contributed by atoms with Crippen molar-refractivity contribution in [2.75, 3.05) is 13.1 Å². The molecule has 36 heavy (non-hydrogen) atoms. The second-order valence-corrected chi connectivity index (χ2v) is 10.8. The summed E-state index contributed by atoms with van der Waals surface area (Å²) in [5.74, 6) is -0.264. The van der Waals surface area contributed by atoms with E-state index in [0.717, 1.165) is 0 Å². The van der Waals surface area contributed by atoms with Crippen LogP contribution in [0, 0.1) is 17.8 Å². The highest BCUT2D eigenvalue weighted by molar-refractivity contribution is 6.38. The Morgan fingerprint density at radius 1 is 1.14 bits per heavy atom. The van der Waals surface area contributed by atoms with E-state index < -0.39 is 58.7 Å². The molecule has 1 unspecified atom stereocenters. The zero-order valence-corrected chi connectivity index (χ0v) is 22.2. The number of hydrogen-bond acceptors (Lipinski definition) is 6. The van der Waals surface area contributed by atoms with Crippen LogP contribution >= 0.6 is 0 Å². The highest BCUT2D eigenvalue weighted by Gasteiger charge is 2.43. The summed E-state index contributed by atoms with van der Waals surface area (Å²) >= 11 is 0. The largest absolute Gasteiger partial charge is 0.444 e. The Morgan fingerprint density at radius 2 is 1.78 bits per heavy atom. The molecule has 1 heterocycles. The number of hydrogen-bond donors (Lipinski definition) is 3. The van der Waals surface area contributed by atoms with E-state index in [1.807, 2.05) is 0 Å². The van der Waals surface area contributed by atoms with E-state index >= 15 is 0 Å². The van der Waals surface area contributed by atoms with Gasteiger partial charge in [0.25, 0.3) is 5.91 Å². The number of likely N-dealkylation sites (tertiary alicyclic amines) is 1. The summed E-state index contributed by atoms with van der Waals surface area (Å²) in [6.07, 6.45) is 7.20. The molecule has 10 heteroatoms. The van der Waals surface area contributed by atoms with Crippen LogP contribution in [0.5, 0.6) is 0 Å². The van der Waals surface area contributed by atoms with Gasteiger partial charge in [-0.15, -0.1) is 18.9 Å². The van der Waals surface area contributed by atoms with E-state index in [1.54, 1.807) is 41.5 Å². The Morgan fingerprint density at radius 3 is 2.31 bits per heavy atom. The van der Waals surface area contributed by atoms with Crippen LogP contribution in [0.15, 0.2) is 12.7 Å². The van der Waals surface area contributed by atoms with Crippen molar-refractivity contribution in [3.63, 3.8) is 0 Å². The van der Waals surface area contributed by atoms with Gasteiger partial charge in [-0.05, 0) is 45.4 Å². The van der Waals surface area contributed by atoms with Crippen molar-refractivity contribution in [2.24, 2.45) is 5.41 Å². The molecule has 0 aliphatic carbocycles. The zero-order valence-electron chi connectivity index (χ0n) is 22.2. The van der Waals surface area contributed by atoms with E-state index in [2.05, 4.69) is 28.4 Å². The van der Waals surface area contributed by atoms with Crippen LogP contribution in [0.2, 0.25) is 0 Å². The molecule has 0 aromatic heterocycles. The molecule has 3 N–H and O–H groups in total. The van der Waals surface area contributed by atoms with Gasteiger partial charge < -0.3 is 25.6 Å². The van der Waals surface area contributed by atoms with E-state index in [-0.39, 0.29) is 19.4 Å². The number of carbonyl (C=O) groups is 5. The van der Waals surface area contributed by atoms with Crippen molar-refractivity contribution in [3.05, 3.63) is 12.7 Å². The van der Waals surface area contributed by atoms with Gasteiger partial charge in [0.05, 0.1) is 6.04 Å². The highest BCUT2D eigenvalue weighted by atomic mass is 16.6. The monoisotopic (exact) mass is 504 g/mol. The van der Waals surface area contributed by atoms with Crippen molar-refractivity contribution >= 4 is 29.6 Å². The van der Waals surface area contributed by atoms with E-state index in [0.29, 0.717) is 19.4 Å². The lowest BCUT2D eigenvalue weighted by molar-refractivity contribution is -0.144. The molecule has 0 radical (unpaired) electrons. The van der Waals surface area contributed by atoms with Crippen LogP contribution in [-0.2, 0) is 23.9 Å². The SMILES string of the molecule is C#CCCC(NC(=O)[C@@H]1CCCN1C(=O)[C@@H](NC(=O)OC(C)(C)C)C(C)(C)C)C(=O)C(=O)NCC=C. The quantitative estimate of drug-likeness (QED) is 0.235. The van der Waals surface area contributed by atoms with Crippen LogP contribution in [0.1, 0.15) is 67.2 Å². The molecular formula is C26H40N4O6. The van der Waals surface area contributed by atoms with Crippen LogP contribution in [0.4, 0.5) is 4.79 Å². The number of nitrogens with one attached hydrogen (secondary N) is 3. The van der Waals surface area contributed by atoms with Gasteiger partial charge in [-0.3, -0.25) is 19.2 Å². The molecule has 1 rings (SSSR count). The minimum atomic E-state index is -1.13. The van der Waals surface area contributed by atoms with E-state index in [4.69, 9.17) is 11.2 Å². The molecule has 1 fully saturated rings. The molecule has 1 aliphatic rings. The maximum Gasteiger partial charge on any atom is 0.408 e. The Hall–Kier alpha value is -3.35. The number of rotatable bonds is 10. The summed E-state index contributed by atoms with van der Waals surface area (Å²) in [6.45, 7) is 14.5. The molecule has 200 valence electrons. The van der Waals surface area contributed by atoms with Crippen LogP contribution in [-0.4, -0.2) is 71.3 Å². The summed E-state index contributed by atoms with van der Waals surface area (Å²) in [5.41, 5.74) is -1.42. The van der Waals surface area contributed by atoms with Gasteiger partial charge in [-0.25, -0.2) is 4.79 Å². The normalized spacial score (nSPS) is 17.2. The standard InChI is InChI=1S/C26H40N4O6/c1-9-11-13-17(19(31)22(33)27-15-10-2)28-21(32)18-14-12-16-30(18)23(34)20(25(3,4)5)29-24(35)36-26(6,7)8/h1,10,17-18,20H,2,11-16H2,3-8H3,(H,27,33)(H,28,32)(H,29,35)/t17?,18-,20+/m0/s1. The lowest BCUT2D eigenvalue weighted by Gasteiger charge is -2.36. The highest BCUT2D eigenvalue weighted by Crippen LogP contribution is 2.26. The Bertz CT molecular complexity index is 894. The second-order valence-electron chi connectivity index (χ2n) is 10.8. The summed E-state index contributed by atoms with van der Waals surface area (Å²) < 4.78 is 5.32. The summed E-state index contributed by atoms with van der Waals surface area (Å²) in [4.78, 5) is 65.3. The van der Waals surface area contributed by atoms with Crippen LogP contribution in [0.3, 0.4) is 0 Å². The first-order valence-corrected chi connectivity index (χ1v) is 12.1. The fraction of sp³-hybridized carbons (Fsp3) is 0.654. The number of alkyl carbamates (subject to hydrolysis) is 1. The third-order valence-electron chi connectivity index (χ3n) is 5.45. The van der Waals surface area contributed by atoms with Gasteiger partial charge >= 0.3 is 6.09 Å².